The van der Waals surface area contributed by atoms with Gasteiger partial charge in [0.25, 0.3) is 0 Å². The van der Waals surface area contributed by atoms with E-state index in [0.717, 1.165) is 19.4 Å². The second kappa shape index (κ2) is 6.02. The number of hydrogen-bond acceptors (Lipinski definition) is 2. The van der Waals surface area contributed by atoms with Gasteiger partial charge >= 0.3 is 0 Å². The first-order valence-electron chi connectivity index (χ1n) is 6.93. The van der Waals surface area contributed by atoms with E-state index in [9.17, 15) is 0 Å². The molecule has 0 radical (unpaired) electrons. The van der Waals surface area contributed by atoms with Gasteiger partial charge in [-0.15, -0.1) is 0 Å². The van der Waals surface area contributed by atoms with Gasteiger partial charge < -0.3 is 10.1 Å². The van der Waals surface area contributed by atoms with Gasteiger partial charge in [-0.1, -0.05) is 27.7 Å². The lowest BCUT2D eigenvalue weighted by Gasteiger charge is -2.41. The van der Waals surface area contributed by atoms with Crippen molar-refractivity contribution in [3.63, 3.8) is 0 Å². The van der Waals surface area contributed by atoms with E-state index in [-0.39, 0.29) is 5.60 Å². The standard InChI is InChI=1S/C14H29NO/c1-6-14(7-2)10-13(8-9-16-14)15-12(5)11(3)4/h11-13,15H,6-10H2,1-5H3. The Kier molecular flexibility index (Phi) is 5.26. The lowest BCUT2D eigenvalue weighted by Crippen LogP contribution is -2.49. The molecule has 0 bridgehead atoms. The summed E-state index contributed by atoms with van der Waals surface area (Å²) in [4.78, 5) is 0. The van der Waals surface area contributed by atoms with Gasteiger partial charge in [0, 0.05) is 18.7 Å². The third-order valence-electron chi connectivity index (χ3n) is 4.28. The number of nitrogens with one attached hydrogen (secondary N) is 1. The SMILES string of the molecule is CCC1(CC)CC(NC(C)C(C)C)CCO1. The lowest BCUT2D eigenvalue weighted by molar-refractivity contribution is -0.0943. The maximum absolute atomic E-state index is 6.00. The minimum Gasteiger partial charge on any atom is -0.375 e. The van der Waals surface area contributed by atoms with Crippen LogP contribution in [0.15, 0.2) is 0 Å². The van der Waals surface area contributed by atoms with Gasteiger partial charge in [-0.2, -0.15) is 0 Å². The summed E-state index contributed by atoms with van der Waals surface area (Å²) in [5.41, 5.74) is 0.145. The molecule has 0 aromatic heterocycles. The molecule has 2 unspecified atom stereocenters. The van der Waals surface area contributed by atoms with Crippen molar-refractivity contribution in [1.29, 1.82) is 0 Å². The van der Waals surface area contributed by atoms with Gasteiger partial charge in [-0.05, 0) is 38.5 Å². The van der Waals surface area contributed by atoms with Crippen LogP contribution in [0, 0.1) is 5.92 Å². The molecule has 0 saturated carbocycles. The van der Waals surface area contributed by atoms with E-state index in [0.29, 0.717) is 18.0 Å². The van der Waals surface area contributed by atoms with E-state index in [1.807, 2.05) is 0 Å². The van der Waals surface area contributed by atoms with Gasteiger partial charge in [0.1, 0.15) is 0 Å². The van der Waals surface area contributed by atoms with Crippen LogP contribution in [-0.4, -0.2) is 24.3 Å². The van der Waals surface area contributed by atoms with Crippen molar-refractivity contribution in [2.75, 3.05) is 6.61 Å². The first-order chi connectivity index (χ1) is 7.53. The fraction of sp³-hybridized carbons (Fsp3) is 1.00. The summed E-state index contributed by atoms with van der Waals surface area (Å²) in [5.74, 6) is 0.709. The van der Waals surface area contributed by atoms with E-state index >= 15 is 0 Å². The van der Waals surface area contributed by atoms with E-state index in [4.69, 9.17) is 4.74 Å². The van der Waals surface area contributed by atoms with Crippen molar-refractivity contribution in [3.05, 3.63) is 0 Å². The Morgan fingerprint density at radius 2 is 1.88 bits per heavy atom. The zero-order valence-corrected chi connectivity index (χ0v) is 11.7. The topological polar surface area (TPSA) is 21.3 Å². The van der Waals surface area contributed by atoms with Crippen LogP contribution < -0.4 is 5.32 Å². The zero-order chi connectivity index (χ0) is 12.2. The maximum atomic E-state index is 6.00. The van der Waals surface area contributed by atoms with Crippen molar-refractivity contribution in [3.8, 4) is 0 Å². The van der Waals surface area contributed by atoms with Crippen molar-refractivity contribution in [2.24, 2.45) is 5.92 Å². The molecule has 1 rings (SSSR count). The number of hydrogen-bond donors (Lipinski definition) is 1. The average molecular weight is 227 g/mol. The van der Waals surface area contributed by atoms with Crippen molar-refractivity contribution < 1.29 is 4.74 Å². The largest absolute Gasteiger partial charge is 0.375 e. The highest BCUT2D eigenvalue weighted by molar-refractivity contribution is 4.89. The molecule has 0 aromatic carbocycles. The van der Waals surface area contributed by atoms with Crippen LogP contribution in [0.1, 0.15) is 60.3 Å². The van der Waals surface area contributed by atoms with Crippen LogP contribution in [-0.2, 0) is 4.74 Å². The van der Waals surface area contributed by atoms with Crippen LogP contribution in [0.25, 0.3) is 0 Å². The molecule has 0 aromatic rings. The fourth-order valence-electron chi connectivity index (χ4n) is 2.48. The molecule has 96 valence electrons. The molecule has 2 atom stereocenters. The Hall–Kier alpha value is -0.0800. The lowest BCUT2D eigenvalue weighted by atomic mass is 9.85. The number of ether oxygens (including phenoxy) is 1. The van der Waals surface area contributed by atoms with E-state index in [1.165, 1.54) is 12.8 Å². The molecular formula is C14H29NO. The Bertz CT molecular complexity index is 199. The third-order valence-corrected chi connectivity index (χ3v) is 4.28. The highest BCUT2D eigenvalue weighted by Gasteiger charge is 2.34. The molecule has 1 aliphatic rings. The predicted octanol–water partition coefficient (Wildman–Crippen LogP) is 3.36. The predicted molar refractivity (Wildman–Crippen MR) is 69.7 cm³/mol. The van der Waals surface area contributed by atoms with Crippen LogP contribution in [0.3, 0.4) is 0 Å². The summed E-state index contributed by atoms with van der Waals surface area (Å²) < 4.78 is 6.00. The van der Waals surface area contributed by atoms with E-state index in [2.05, 4.69) is 39.9 Å². The van der Waals surface area contributed by atoms with Crippen LogP contribution in [0.5, 0.6) is 0 Å². The Morgan fingerprint density at radius 1 is 1.25 bits per heavy atom. The third kappa shape index (κ3) is 3.46. The molecule has 1 aliphatic heterocycles. The maximum Gasteiger partial charge on any atom is 0.0692 e. The molecule has 1 N–H and O–H groups in total. The summed E-state index contributed by atoms with van der Waals surface area (Å²) in [5, 5.41) is 3.76. The zero-order valence-electron chi connectivity index (χ0n) is 11.7. The molecule has 1 heterocycles. The van der Waals surface area contributed by atoms with Crippen LogP contribution in [0.4, 0.5) is 0 Å². The number of rotatable bonds is 5. The molecule has 2 nitrogen and oxygen atoms in total. The van der Waals surface area contributed by atoms with Gasteiger partial charge in [0.2, 0.25) is 0 Å². The van der Waals surface area contributed by atoms with Gasteiger partial charge in [-0.3, -0.25) is 0 Å². The van der Waals surface area contributed by atoms with Crippen molar-refractivity contribution in [2.45, 2.75) is 78.0 Å². The monoisotopic (exact) mass is 227 g/mol. The van der Waals surface area contributed by atoms with Crippen LogP contribution >= 0.6 is 0 Å². The van der Waals surface area contributed by atoms with Crippen molar-refractivity contribution in [1.82, 2.24) is 5.32 Å². The second-order valence-electron chi connectivity index (χ2n) is 5.63. The molecule has 0 amide bonds. The molecule has 1 fully saturated rings. The first kappa shape index (κ1) is 14.0. The quantitative estimate of drug-likeness (QED) is 0.777. The minimum absolute atomic E-state index is 0.145. The molecule has 16 heavy (non-hydrogen) atoms. The summed E-state index contributed by atoms with van der Waals surface area (Å²) in [6.07, 6.45) is 4.62. The highest BCUT2D eigenvalue weighted by atomic mass is 16.5. The van der Waals surface area contributed by atoms with E-state index in [1.54, 1.807) is 0 Å². The summed E-state index contributed by atoms with van der Waals surface area (Å²) >= 11 is 0. The second-order valence-corrected chi connectivity index (χ2v) is 5.63. The van der Waals surface area contributed by atoms with Gasteiger partial charge in [0.05, 0.1) is 5.60 Å². The summed E-state index contributed by atoms with van der Waals surface area (Å²) in [7, 11) is 0. The fourth-order valence-corrected chi connectivity index (χ4v) is 2.48. The summed E-state index contributed by atoms with van der Waals surface area (Å²) in [6.45, 7) is 12.3. The normalized spacial score (nSPS) is 27.0. The highest BCUT2D eigenvalue weighted by Crippen LogP contribution is 2.31. The molecule has 2 heteroatoms. The van der Waals surface area contributed by atoms with Crippen LogP contribution in [0.2, 0.25) is 0 Å². The molecular weight excluding hydrogens is 198 g/mol. The average Bonchev–Trinajstić information content (AvgIpc) is 2.29. The summed E-state index contributed by atoms with van der Waals surface area (Å²) in [6, 6.07) is 1.25. The molecule has 1 saturated heterocycles. The Morgan fingerprint density at radius 3 is 2.38 bits per heavy atom. The Labute approximate surface area is 101 Å². The van der Waals surface area contributed by atoms with Gasteiger partial charge in [-0.25, -0.2) is 0 Å². The minimum atomic E-state index is 0.145. The smallest absolute Gasteiger partial charge is 0.0692 e. The van der Waals surface area contributed by atoms with E-state index < -0.39 is 0 Å². The van der Waals surface area contributed by atoms with Gasteiger partial charge in [0.15, 0.2) is 0 Å². The first-order valence-corrected chi connectivity index (χ1v) is 6.93. The van der Waals surface area contributed by atoms with Crippen molar-refractivity contribution >= 4 is 0 Å². The Balaban J connectivity index is 2.50. The molecule has 0 aliphatic carbocycles. The molecule has 0 spiro atoms.